The lowest BCUT2D eigenvalue weighted by molar-refractivity contribution is -0.140. The topological polar surface area (TPSA) is 66.4 Å². The molecule has 0 radical (unpaired) electrons. The molecule has 0 aliphatic heterocycles. The highest BCUT2D eigenvalue weighted by molar-refractivity contribution is 9.10. The maximum atomic E-state index is 12.2. The zero-order chi connectivity index (χ0) is 15.1. The second kappa shape index (κ2) is 5.20. The quantitative estimate of drug-likeness (QED) is 0.886. The molecule has 1 aromatic carbocycles. The van der Waals surface area contributed by atoms with Crippen molar-refractivity contribution in [1.29, 1.82) is 0 Å². The Kier molecular flexibility index (Phi) is 3.91. The lowest BCUT2D eigenvalue weighted by atomic mass is 10.1. The van der Waals surface area contributed by atoms with E-state index >= 15 is 0 Å². The highest BCUT2D eigenvalue weighted by atomic mass is 79.9. The van der Waals surface area contributed by atoms with Gasteiger partial charge in [-0.05, 0) is 30.0 Å². The number of amides is 1. The van der Waals surface area contributed by atoms with Crippen molar-refractivity contribution < 1.29 is 14.7 Å². The van der Waals surface area contributed by atoms with E-state index in [1.54, 1.807) is 0 Å². The van der Waals surface area contributed by atoms with Crippen LogP contribution in [-0.2, 0) is 9.59 Å². The van der Waals surface area contributed by atoms with Gasteiger partial charge in [-0.15, -0.1) is 0 Å². The SMILES string of the molecule is C[C@@H](NC(=O)C1C(C(=O)O)C1(C)C)c1ccc(Br)cc1. The van der Waals surface area contributed by atoms with Gasteiger partial charge in [-0.1, -0.05) is 41.9 Å². The van der Waals surface area contributed by atoms with E-state index in [9.17, 15) is 9.59 Å². The molecule has 1 fully saturated rings. The monoisotopic (exact) mass is 339 g/mol. The fourth-order valence-electron chi connectivity index (χ4n) is 2.73. The number of carboxylic acid groups (broad SMARTS) is 1. The number of carboxylic acids is 1. The number of carbonyl (C=O) groups is 2. The van der Waals surface area contributed by atoms with Crippen molar-refractivity contribution in [1.82, 2.24) is 5.32 Å². The summed E-state index contributed by atoms with van der Waals surface area (Å²) in [7, 11) is 0. The van der Waals surface area contributed by atoms with Crippen LogP contribution in [0.2, 0.25) is 0 Å². The van der Waals surface area contributed by atoms with E-state index in [-0.39, 0.29) is 11.9 Å². The van der Waals surface area contributed by atoms with Crippen molar-refractivity contribution >= 4 is 27.8 Å². The fraction of sp³-hybridized carbons (Fsp3) is 0.467. The van der Waals surface area contributed by atoms with Gasteiger partial charge in [0, 0.05) is 4.47 Å². The van der Waals surface area contributed by atoms with Crippen LogP contribution < -0.4 is 5.32 Å². The minimum absolute atomic E-state index is 0.138. The van der Waals surface area contributed by atoms with Crippen LogP contribution in [0.3, 0.4) is 0 Å². The summed E-state index contributed by atoms with van der Waals surface area (Å²) in [5.41, 5.74) is 0.530. The van der Waals surface area contributed by atoms with Crippen molar-refractivity contribution in [3.8, 4) is 0 Å². The van der Waals surface area contributed by atoms with Gasteiger partial charge >= 0.3 is 5.97 Å². The average molecular weight is 340 g/mol. The normalized spacial score (nSPS) is 24.8. The minimum atomic E-state index is -0.897. The van der Waals surface area contributed by atoms with Crippen molar-refractivity contribution in [3.05, 3.63) is 34.3 Å². The molecule has 0 saturated heterocycles. The third kappa shape index (κ3) is 2.73. The molecule has 1 saturated carbocycles. The molecule has 5 heteroatoms. The van der Waals surface area contributed by atoms with E-state index in [0.29, 0.717) is 0 Å². The van der Waals surface area contributed by atoms with E-state index in [1.165, 1.54) is 0 Å². The van der Waals surface area contributed by atoms with Gasteiger partial charge in [-0.25, -0.2) is 0 Å². The van der Waals surface area contributed by atoms with E-state index in [2.05, 4.69) is 21.2 Å². The molecule has 1 aliphatic rings. The standard InChI is InChI=1S/C15H18BrNO3/c1-8(9-4-6-10(16)7-5-9)17-13(18)11-12(14(19)20)15(11,2)3/h4-8,11-12H,1-3H3,(H,17,18)(H,19,20)/t8-,11?,12?/m1/s1. The Morgan fingerprint density at radius 2 is 1.80 bits per heavy atom. The molecule has 108 valence electrons. The first-order valence-corrected chi connectivity index (χ1v) is 7.33. The van der Waals surface area contributed by atoms with Gasteiger partial charge in [-0.2, -0.15) is 0 Å². The third-order valence-corrected chi connectivity index (χ3v) is 4.63. The van der Waals surface area contributed by atoms with Gasteiger partial charge in [-0.3, -0.25) is 9.59 Å². The molecule has 0 aromatic heterocycles. The van der Waals surface area contributed by atoms with Crippen molar-refractivity contribution in [2.75, 3.05) is 0 Å². The Balaban J connectivity index is 2.02. The van der Waals surface area contributed by atoms with E-state index in [1.807, 2.05) is 45.0 Å². The smallest absolute Gasteiger partial charge is 0.307 e. The van der Waals surface area contributed by atoms with Gasteiger partial charge in [0.15, 0.2) is 0 Å². The molecule has 2 rings (SSSR count). The Bertz CT molecular complexity index is 539. The first-order chi connectivity index (χ1) is 9.25. The van der Waals surface area contributed by atoms with Crippen molar-refractivity contribution in [3.63, 3.8) is 0 Å². The van der Waals surface area contributed by atoms with Crippen LogP contribution in [0.5, 0.6) is 0 Å². The van der Waals surface area contributed by atoms with E-state index in [4.69, 9.17) is 5.11 Å². The summed E-state index contributed by atoms with van der Waals surface area (Å²) < 4.78 is 0.981. The molecule has 0 heterocycles. The van der Waals surface area contributed by atoms with Gasteiger partial charge in [0.2, 0.25) is 5.91 Å². The Hall–Kier alpha value is -1.36. The number of aliphatic carboxylic acids is 1. The molecular weight excluding hydrogens is 322 g/mol. The van der Waals surface area contributed by atoms with Gasteiger partial charge in [0.25, 0.3) is 0 Å². The maximum absolute atomic E-state index is 12.2. The summed E-state index contributed by atoms with van der Waals surface area (Å²) in [5, 5.41) is 12.0. The number of hydrogen-bond acceptors (Lipinski definition) is 2. The number of benzene rings is 1. The minimum Gasteiger partial charge on any atom is -0.481 e. The predicted octanol–water partition coefficient (Wildman–Crippen LogP) is 2.98. The maximum Gasteiger partial charge on any atom is 0.307 e. The van der Waals surface area contributed by atoms with Crippen LogP contribution in [-0.4, -0.2) is 17.0 Å². The second-order valence-corrected chi connectivity index (χ2v) is 6.81. The highest BCUT2D eigenvalue weighted by Gasteiger charge is 2.65. The zero-order valence-electron chi connectivity index (χ0n) is 11.7. The molecule has 2 N–H and O–H groups in total. The average Bonchev–Trinajstić information content (AvgIpc) is 2.93. The summed E-state index contributed by atoms with van der Waals surface area (Å²) >= 11 is 3.36. The second-order valence-electron chi connectivity index (χ2n) is 5.90. The summed E-state index contributed by atoms with van der Waals surface area (Å²) in [6, 6.07) is 7.56. The van der Waals surface area contributed by atoms with E-state index < -0.39 is 23.2 Å². The Labute approximate surface area is 126 Å². The van der Waals surface area contributed by atoms with Crippen LogP contribution in [0.15, 0.2) is 28.7 Å². The molecule has 20 heavy (non-hydrogen) atoms. The molecule has 0 bridgehead atoms. The van der Waals surface area contributed by atoms with Crippen molar-refractivity contribution in [2.24, 2.45) is 17.3 Å². The van der Waals surface area contributed by atoms with Crippen LogP contribution >= 0.6 is 15.9 Å². The van der Waals surface area contributed by atoms with Crippen LogP contribution in [0.4, 0.5) is 0 Å². The molecule has 4 nitrogen and oxygen atoms in total. The predicted molar refractivity (Wildman–Crippen MR) is 79.1 cm³/mol. The van der Waals surface area contributed by atoms with Gasteiger partial charge in [0.05, 0.1) is 17.9 Å². The molecule has 0 spiro atoms. The molecule has 3 atom stereocenters. The summed E-state index contributed by atoms with van der Waals surface area (Å²) in [5.74, 6) is -2.11. The molecule has 1 aromatic rings. The number of nitrogens with one attached hydrogen (secondary N) is 1. The largest absolute Gasteiger partial charge is 0.481 e. The Morgan fingerprint density at radius 1 is 1.25 bits per heavy atom. The van der Waals surface area contributed by atoms with Crippen LogP contribution in [0.1, 0.15) is 32.4 Å². The first-order valence-electron chi connectivity index (χ1n) is 6.53. The van der Waals surface area contributed by atoms with Crippen LogP contribution in [0.25, 0.3) is 0 Å². The number of hydrogen-bond donors (Lipinski definition) is 2. The number of carbonyl (C=O) groups excluding carboxylic acids is 1. The third-order valence-electron chi connectivity index (χ3n) is 4.10. The molecule has 1 amide bonds. The van der Waals surface area contributed by atoms with Crippen LogP contribution in [0, 0.1) is 17.3 Å². The van der Waals surface area contributed by atoms with Crippen molar-refractivity contribution in [2.45, 2.75) is 26.8 Å². The highest BCUT2D eigenvalue weighted by Crippen LogP contribution is 2.58. The molecule has 1 aliphatic carbocycles. The summed E-state index contributed by atoms with van der Waals surface area (Å²) in [4.78, 5) is 23.3. The van der Waals surface area contributed by atoms with E-state index in [0.717, 1.165) is 10.0 Å². The summed E-state index contributed by atoms with van der Waals surface area (Å²) in [6.45, 7) is 5.53. The number of rotatable bonds is 4. The molecular formula is C15H18BrNO3. The molecule has 2 unspecified atom stereocenters. The Morgan fingerprint density at radius 3 is 2.25 bits per heavy atom. The number of halogens is 1. The lowest BCUT2D eigenvalue weighted by Crippen LogP contribution is -2.29. The lowest BCUT2D eigenvalue weighted by Gasteiger charge is -2.15. The first kappa shape index (κ1) is 15.0. The van der Waals surface area contributed by atoms with Gasteiger partial charge in [0.1, 0.15) is 0 Å². The van der Waals surface area contributed by atoms with Gasteiger partial charge < -0.3 is 10.4 Å². The fourth-order valence-corrected chi connectivity index (χ4v) is 2.99. The zero-order valence-corrected chi connectivity index (χ0v) is 13.3. The summed E-state index contributed by atoms with van der Waals surface area (Å²) in [6.07, 6.45) is 0.